The second kappa shape index (κ2) is 8.24. The van der Waals surface area contributed by atoms with Crippen molar-refractivity contribution < 1.29 is 19.6 Å². The first-order valence-electron chi connectivity index (χ1n) is 8.04. The number of amides is 1. The van der Waals surface area contributed by atoms with E-state index in [4.69, 9.17) is 0 Å². The molecule has 0 spiro atoms. The van der Waals surface area contributed by atoms with Gasteiger partial charge in [-0.15, -0.1) is 0 Å². The summed E-state index contributed by atoms with van der Waals surface area (Å²) in [5, 5.41) is 27.0. The zero-order chi connectivity index (χ0) is 19.3. The van der Waals surface area contributed by atoms with E-state index in [1.54, 1.807) is 44.2 Å². The Morgan fingerprint density at radius 3 is 2.50 bits per heavy atom. The maximum atomic E-state index is 12.0. The summed E-state index contributed by atoms with van der Waals surface area (Å²) in [5.41, 5.74) is 1.23. The lowest BCUT2D eigenvalue weighted by molar-refractivity contribution is -0.386. The third-order valence-corrected chi connectivity index (χ3v) is 4.08. The van der Waals surface area contributed by atoms with Crippen molar-refractivity contribution in [2.75, 3.05) is 6.54 Å². The Bertz CT molecular complexity index is 816. The van der Waals surface area contributed by atoms with Gasteiger partial charge in [-0.1, -0.05) is 30.3 Å². The summed E-state index contributed by atoms with van der Waals surface area (Å²) in [6, 6.07) is 8.65. The number of aryl methyl sites for hydroxylation is 2. The fourth-order valence-electron chi connectivity index (χ4n) is 2.71. The summed E-state index contributed by atoms with van der Waals surface area (Å²) in [5.74, 6) is -2.21. The van der Waals surface area contributed by atoms with Crippen LogP contribution in [-0.4, -0.2) is 38.2 Å². The molecule has 1 aromatic heterocycles. The molecule has 0 aliphatic heterocycles. The van der Waals surface area contributed by atoms with E-state index in [0.29, 0.717) is 17.0 Å². The van der Waals surface area contributed by atoms with Gasteiger partial charge >= 0.3 is 11.7 Å². The summed E-state index contributed by atoms with van der Waals surface area (Å²) in [7, 11) is 0. The lowest BCUT2D eigenvalue weighted by Gasteiger charge is -2.14. The summed E-state index contributed by atoms with van der Waals surface area (Å²) in [4.78, 5) is 33.9. The molecule has 0 saturated heterocycles. The molecular weight excluding hydrogens is 340 g/mol. The highest BCUT2D eigenvalue weighted by molar-refractivity contribution is 5.79. The highest BCUT2D eigenvalue weighted by atomic mass is 16.6. The van der Waals surface area contributed by atoms with Gasteiger partial charge < -0.3 is 10.4 Å². The first-order chi connectivity index (χ1) is 12.3. The fraction of sp³-hybridized carbons (Fsp3) is 0.353. The molecule has 1 amide bonds. The Kier molecular flexibility index (Phi) is 6.05. The molecular formula is C17H20N4O5. The minimum atomic E-state index is -1.02. The van der Waals surface area contributed by atoms with Crippen LogP contribution in [0.4, 0.5) is 5.69 Å². The van der Waals surface area contributed by atoms with Crippen LogP contribution in [-0.2, 0) is 16.1 Å². The predicted octanol–water partition coefficient (Wildman–Crippen LogP) is 1.78. The lowest BCUT2D eigenvalue weighted by atomic mass is 9.99. The maximum absolute atomic E-state index is 12.0. The smallest absolute Gasteiger partial charge is 0.312 e. The van der Waals surface area contributed by atoms with Gasteiger partial charge in [-0.25, -0.2) is 0 Å². The second-order valence-corrected chi connectivity index (χ2v) is 5.86. The molecule has 1 unspecified atom stereocenters. The van der Waals surface area contributed by atoms with E-state index in [-0.39, 0.29) is 31.1 Å². The highest BCUT2D eigenvalue weighted by Gasteiger charge is 2.23. The van der Waals surface area contributed by atoms with Crippen LogP contribution >= 0.6 is 0 Å². The molecule has 0 radical (unpaired) electrons. The minimum Gasteiger partial charge on any atom is -0.481 e. The summed E-state index contributed by atoms with van der Waals surface area (Å²) < 4.78 is 1.42. The van der Waals surface area contributed by atoms with E-state index < -0.39 is 16.8 Å². The Morgan fingerprint density at radius 1 is 1.31 bits per heavy atom. The van der Waals surface area contributed by atoms with Crippen molar-refractivity contribution in [3.63, 3.8) is 0 Å². The van der Waals surface area contributed by atoms with Gasteiger partial charge in [-0.2, -0.15) is 5.10 Å². The van der Waals surface area contributed by atoms with Crippen LogP contribution in [0.2, 0.25) is 0 Å². The number of rotatable bonds is 8. The standard InChI is InChI=1S/C17H20N4O5/c1-11-16(21(25)26)12(2)20(19-11)9-8-15(22)18-10-14(17(23)24)13-6-4-3-5-7-13/h3-7,14H,8-10H2,1-2H3,(H,18,22)(H,23,24). The zero-order valence-electron chi connectivity index (χ0n) is 14.5. The quantitative estimate of drug-likeness (QED) is 0.546. The van der Waals surface area contributed by atoms with Gasteiger partial charge in [0.25, 0.3) is 0 Å². The Labute approximate surface area is 149 Å². The number of nitrogens with zero attached hydrogens (tertiary/aromatic N) is 3. The molecule has 1 atom stereocenters. The Hall–Kier alpha value is -3.23. The van der Waals surface area contributed by atoms with Crippen LogP contribution < -0.4 is 5.32 Å². The second-order valence-electron chi connectivity index (χ2n) is 5.86. The van der Waals surface area contributed by atoms with E-state index >= 15 is 0 Å². The number of carboxylic acid groups (broad SMARTS) is 1. The summed E-state index contributed by atoms with van der Waals surface area (Å²) >= 11 is 0. The molecule has 138 valence electrons. The van der Waals surface area contributed by atoms with Crippen molar-refractivity contribution in [3.05, 3.63) is 57.4 Å². The predicted molar refractivity (Wildman–Crippen MR) is 92.8 cm³/mol. The Balaban J connectivity index is 1.94. The SMILES string of the molecule is Cc1nn(CCC(=O)NCC(C(=O)O)c2ccccc2)c(C)c1[N+](=O)[O-]. The number of carboxylic acids is 1. The molecule has 9 nitrogen and oxygen atoms in total. The van der Waals surface area contributed by atoms with E-state index in [1.165, 1.54) is 4.68 Å². The molecule has 1 aromatic carbocycles. The van der Waals surface area contributed by atoms with Crippen molar-refractivity contribution in [2.45, 2.75) is 32.7 Å². The van der Waals surface area contributed by atoms with Crippen molar-refractivity contribution in [2.24, 2.45) is 0 Å². The number of hydrogen-bond donors (Lipinski definition) is 2. The number of carbonyl (C=O) groups excluding carboxylic acids is 1. The lowest BCUT2D eigenvalue weighted by Crippen LogP contribution is -2.32. The molecule has 0 aliphatic carbocycles. The van der Waals surface area contributed by atoms with Gasteiger partial charge in [0.15, 0.2) is 0 Å². The Morgan fingerprint density at radius 2 is 1.96 bits per heavy atom. The van der Waals surface area contributed by atoms with Gasteiger partial charge in [0.2, 0.25) is 5.91 Å². The molecule has 0 saturated carbocycles. The monoisotopic (exact) mass is 360 g/mol. The van der Waals surface area contributed by atoms with Crippen LogP contribution in [0, 0.1) is 24.0 Å². The first kappa shape index (κ1) is 19.1. The van der Waals surface area contributed by atoms with Crippen LogP contribution in [0.15, 0.2) is 30.3 Å². The van der Waals surface area contributed by atoms with Gasteiger partial charge in [0.1, 0.15) is 11.4 Å². The number of aliphatic carboxylic acids is 1. The third kappa shape index (κ3) is 4.44. The van der Waals surface area contributed by atoms with Crippen LogP contribution in [0.25, 0.3) is 0 Å². The molecule has 2 N–H and O–H groups in total. The number of aromatic nitrogens is 2. The van der Waals surface area contributed by atoms with Crippen LogP contribution in [0.1, 0.15) is 29.3 Å². The molecule has 0 fully saturated rings. The van der Waals surface area contributed by atoms with Crippen molar-refractivity contribution in [1.29, 1.82) is 0 Å². The largest absolute Gasteiger partial charge is 0.481 e. The number of nitro groups is 1. The number of hydrogen-bond acceptors (Lipinski definition) is 5. The molecule has 0 aliphatic rings. The summed E-state index contributed by atoms with van der Waals surface area (Å²) in [6.45, 7) is 3.26. The van der Waals surface area contributed by atoms with Gasteiger partial charge in [0.05, 0.1) is 17.4 Å². The average Bonchev–Trinajstić information content (AvgIpc) is 2.87. The van der Waals surface area contributed by atoms with Crippen molar-refractivity contribution >= 4 is 17.6 Å². The normalized spacial score (nSPS) is 11.8. The van der Waals surface area contributed by atoms with E-state index in [9.17, 15) is 24.8 Å². The molecule has 9 heteroatoms. The average molecular weight is 360 g/mol. The minimum absolute atomic E-state index is 0.0323. The van der Waals surface area contributed by atoms with E-state index in [2.05, 4.69) is 10.4 Å². The zero-order valence-corrected chi connectivity index (χ0v) is 14.5. The topological polar surface area (TPSA) is 127 Å². The van der Waals surface area contributed by atoms with Gasteiger partial charge in [-0.3, -0.25) is 24.4 Å². The maximum Gasteiger partial charge on any atom is 0.312 e. The van der Waals surface area contributed by atoms with Crippen LogP contribution in [0.5, 0.6) is 0 Å². The van der Waals surface area contributed by atoms with E-state index in [1.807, 2.05) is 0 Å². The third-order valence-electron chi connectivity index (χ3n) is 4.08. The van der Waals surface area contributed by atoms with Gasteiger partial charge in [-0.05, 0) is 19.4 Å². The molecule has 0 bridgehead atoms. The van der Waals surface area contributed by atoms with Gasteiger partial charge in [0, 0.05) is 13.0 Å². The number of benzene rings is 1. The number of carbonyl (C=O) groups is 2. The first-order valence-corrected chi connectivity index (χ1v) is 8.04. The van der Waals surface area contributed by atoms with E-state index in [0.717, 1.165) is 0 Å². The van der Waals surface area contributed by atoms with Crippen LogP contribution in [0.3, 0.4) is 0 Å². The summed E-state index contributed by atoms with van der Waals surface area (Å²) in [6.07, 6.45) is 0.0419. The highest BCUT2D eigenvalue weighted by Crippen LogP contribution is 2.21. The van der Waals surface area contributed by atoms with Crippen molar-refractivity contribution in [1.82, 2.24) is 15.1 Å². The van der Waals surface area contributed by atoms with Crippen molar-refractivity contribution in [3.8, 4) is 0 Å². The molecule has 26 heavy (non-hydrogen) atoms. The molecule has 2 aromatic rings. The fourth-order valence-corrected chi connectivity index (χ4v) is 2.71. The molecule has 1 heterocycles. The number of nitrogens with one attached hydrogen (secondary N) is 1. The molecule has 2 rings (SSSR count).